The zero-order valence-electron chi connectivity index (χ0n) is 16.3. The number of hydrogen-bond donors (Lipinski definition) is 0. The molecule has 0 spiro atoms. The first-order valence-electron chi connectivity index (χ1n) is 8.94. The average Bonchev–Trinajstić information content (AvgIpc) is 3.13. The van der Waals surface area contributed by atoms with E-state index in [1.54, 1.807) is 24.1 Å². The lowest BCUT2D eigenvalue weighted by molar-refractivity contribution is -0.137. The third-order valence-corrected chi connectivity index (χ3v) is 4.43. The fourth-order valence-electron chi connectivity index (χ4n) is 3.08. The number of halogens is 4. The van der Waals surface area contributed by atoms with Crippen LogP contribution in [0.2, 0.25) is 0 Å². The van der Waals surface area contributed by atoms with E-state index >= 15 is 0 Å². The van der Waals surface area contributed by atoms with Gasteiger partial charge in [-0.1, -0.05) is 28.9 Å². The topological polar surface area (TPSA) is 70.6 Å². The molecule has 0 saturated heterocycles. The smallest absolute Gasteiger partial charge is 0.329 e. The Bertz CT molecular complexity index is 1080. The minimum absolute atomic E-state index is 0.0264. The van der Waals surface area contributed by atoms with Crippen LogP contribution in [-0.2, 0) is 33.0 Å². The molecule has 1 heterocycles. The van der Waals surface area contributed by atoms with Crippen LogP contribution >= 0.6 is 0 Å². The van der Waals surface area contributed by atoms with Gasteiger partial charge in [-0.25, -0.2) is 4.39 Å². The first-order chi connectivity index (χ1) is 14.2. The number of anilines is 1. The first kappa shape index (κ1) is 21.2. The molecule has 0 fully saturated rings. The van der Waals surface area contributed by atoms with Gasteiger partial charge in [-0.05, 0) is 47.0 Å². The summed E-state index contributed by atoms with van der Waals surface area (Å²) in [6.45, 7) is 0.992. The molecule has 3 rings (SSSR count). The van der Waals surface area contributed by atoms with Crippen molar-refractivity contribution in [2.24, 2.45) is 7.05 Å². The van der Waals surface area contributed by atoms with Gasteiger partial charge in [0.15, 0.2) is 0 Å². The monoisotopic (exact) mass is 418 g/mol. The lowest BCUT2D eigenvalue weighted by Gasteiger charge is -2.22. The highest BCUT2D eigenvalue weighted by Crippen LogP contribution is 2.31. The number of alkyl halides is 4. The SMILES string of the molecule is Cc1ccc(C#N)c(CN(Cc2cc(CF)cc(C(F)(F)F)c2)c2nnn(C)n2)c1. The van der Waals surface area contributed by atoms with Gasteiger partial charge >= 0.3 is 6.18 Å². The molecule has 0 N–H and O–H groups in total. The van der Waals surface area contributed by atoms with E-state index < -0.39 is 18.4 Å². The zero-order chi connectivity index (χ0) is 21.9. The summed E-state index contributed by atoms with van der Waals surface area (Å²) < 4.78 is 52.9. The molecule has 0 aliphatic rings. The molecule has 0 saturated carbocycles. The van der Waals surface area contributed by atoms with Gasteiger partial charge in [-0.3, -0.25) is 0 Å². The Balaban J connectivity index is 2.01. The summed E-state index contributed by atoms with van der Waals surface area (Å²) >= 11 is 0. The summed E-state index contributed by atoms with van der Waals surface area (Å²) in [7, 11) is 1.56. The summed E-state index contributed by atoms with van der Waals surface area (Å²) in [6.07, 6.45) is -4.60. The Morgan fingerprint density at radius 1 is 1.10 bits per heavy atom. The molecule has 156 valence electrons. The standard InChI is InChI=1S/C20H18F4N6/c1-13-3-4-16(10-25)17(5-13)12-30(19-26-28-29(2)27-19)11-15-6-14(9-21)7-18(8-15)20(22,23)24/h3-8H,9,11-12H2,1-2H3. The number of hydrogen-bond acceptors (Lipinski definition) is 5. The number of aromatic nitrogens is 4. The van der Waals surface area contributed by atoms with Gasteiger partial charge in [0.05, 0.1) is 24.2 Å². The Hall–Kier alpha value is -3.48. The van der Waals surface area contributed by atoms with E-state index in [1.165, 1.54) is 10.9 Å². The number of rotatable bonds is 6. The number of benzene rings is 2. The normalized spacial score (nSPS) is 11.4. The van der Waals surface area contributed by atoms with E-state index in [9.17, 15) is 22.8 Å². The molecule has 0 radical (unpaired) electrons. The van der Waals surface area contributed by atoms with E-state index in [0.29, 0.717) is 11.1 Å². The van der Waals surface area contributed by atoms with Gasteiger partial charge in [-0.15, -0.1) is 5.10 Å². The van der Waals surface area contributed by atoms with Crippen LogP contribution in [0.1, 0.15) is 33.4 Å². The Morgan fingerprint density at radius 3 is 2.43 bits per heavy atom. The second-order valence-electron chi connectivity index (χ2n) is 6.88. The third-order valence-electron chi connectivity index (χ3n) is 4.43. The van der Waals surface area contributed by atoms with Crippen LogP contribution in [0.15, 0.2) is 36.4 Å². The third kappa shape index (κ3) is 4.92. The number of aryl methyl sites for hydroxylation is 2. The second-order valence-corrected chi connectivity index (χ2v) is 6.88. The predicted molar refractivity (Wildman–Crippen MR) is 101 cm³/mol. The van der Waals surface area contributed by atoms with E-state index in [-0.39, 0.29) is 30.2 Å². The molecule has 1 aromatic heterocycles. The lowest BCUT2D eigenvalue weighted by atomic mass is 10.0. The van der Waals surface area contributed by atoms with Crippen molar-refractivity contribution in [3.05, 3.63) is 69.8 Å². The molecule has 30 heavy (non-hydrogen) atoms. The van der Waals surface area contributed by atoms with E-state index in [2.05, 4.69) is 21.5 Å². The molecule has 2 aromatic carbocycles. The van der Waals surface area contributed by atoms with Crippen LogP contribution in [0.4, 0.5) is 23.5 Å². The lowest BCUT2D eigenvalue weighted by Crippen LogP contribution is -2.24. The molecule has 0 aliphatic heterocycles. The Morgan fingerprint density at radius 2 is 1.83 bits per heavy atom. The maximum Gasteiger partial charge on any atom is 0.416 e. The average molecular weight is 418 g/mol. The molecule has 0 atom stereocenters. The predicted octanol–water partition coefficient (Wildman–Crippen LogP) is 4.09. The maximum atomic E-state index is 13.2. The minimum Gasteiger partial charge on any atom is -0.329 e. The summed E-state index contributed by atoms with van der Waals surface area (Å²) in [4.78, 5) is 2.82. The first-order valence-corrected chi connectivity index (χ1v) is 8.94. The van der Waals surface area contributed by atoms with Crippen molar-refractivity contribution in [1.82, 2.24) is 20.2 Å². The van der Waals surface area contributed by atoms with Crippen molar-refractivity contribution in [2.45, 2.75) is 32.9 Å². The van der Waals surface area contributed by atoms with Crippen molar-refractivity contribution in [2.75, 3.05) is 4.90 Å². The van der Waals surface area contributed by atoms with Crippen molar-refractivity contribution >= 4 is 5.95 Å². The molecule has 6 nitrogen and oxygen atoms in total. The van der Waals surface area contributed by atoms with Crippen molar-refractivity contribution in [3.63, 3.8) is 0 Å². The maximum absolute atomic E-state index is 13.2. The number of nitriles is 1. The van der Waals surface area contributed by atoms with Gasteiger partial charge < -0.3 is 4.90 Å². The highest BCUT2D eigenvalue weighted by atomic mass is 19.4. The minimum atomic E-state index is -4.60. The van der Waals surface area contributed by atoms with E-state index in [1.807, 2.05) is 13.0 Å². The summed E-state index contributed by atoms with van der Waals surface area (Å²) in [6, 6.07) is 10.6. The van der Waals surface area contributed by atoms with Crippen LogP contribution in [0, 0.1) is 18.3 Å². The second kappa shape index (κ2) is 8.49. The highest BCUT2D eigenvalue weighted by Gasteiger charge is 2.31. The quantitative estimate of drug-likeness (QED) is 0.564. The van der Waals surface area contributed by atoms with Crippen LogP contribution < -0.4 is 4.90 Å². The summed E-state index contributed by atoms with van der Waals surface area (Å²) in [5.74, 6) is 0.183. The number of tetrazole rings is 1. The van der Waals surface area contributed by atoms with Crippen LogP contribution in [0.5, 0.6) is 0 Å². The van der Waals surface area contributed by atoms with Crippen LogP contribution in [0.25, 0.3) is 0 Å². The van der Waals surface area contributed by atoms with Gasteiger partial charge in [0, 0.05) is 13.1 Å². The van der Waals surface area contributed by atoms with Crippen molar-refractivity contribution in [1.29, 1.82) is 5.26 Å². The molecule has 10 heteroatoms. The molecule has 0 amide bonds. The van der Waals surface area contributed by atoms with E-state index in [4.69, 9.17) is 0 Å². The van der Waals surface area contributed by atoms with Gasteiger partial charge in [0.2, 0.25) is 0 Å². The largest absolute Gasteiger partial charge is 0.416 e. The Kier molecular flexibility index (Phi) is 6.01. The fraction of sp³-hybridized carbons (Fsp3) is 0.300. The zero-order valence-corrected chi connectivity index (χ0v) is 16.3. The molecule has 3 aromatic rings. The number of nitrogens with zero attached hydrogens (tertiary/aromatic N) is 6. The van der Waals surface area contributed by atoms with Crippen molar-refractivity contribution < 1.29 is 17.6 Å². The fourth-order valence-corrected chi connectivity index (χ4v) is 3.08. The molecular weight excluding hydrogens is 400 g/mol. The Labute approximate surface area is 170 Å². The summed E-state index contributed by atoms with van der Waals surface area (Å²) in [5.41, 5.74) is 1.28. The van der Waals surface area contributed by atoms with Gasteiger partial charge in [-0.2, -0.15) is 23.2 Å². The van der Waals surface area contributed by atoms with Crippen molar-refractivity contribution in [3.8, 4) is 6.07 Å². The van der Waals surface area contributed by atoms with Gasteiger partial charge in [0.25, 0.3) is 5.95 Å². The molecule has 0 bridgehead atoms. The summed E-state index contributed by atoms with van der Waals surface area (Å²) in [5, 5.41) is 21.3. The molecule has 0 aliphatic carbocycles. The molecule has 0 unspecified atom stereocenters. The van der Waals surface area contributed by atoms with Crippen LogP contribution in [0.3, 0.4) is 0 Å². The van der Waals surface area contributed by atoms with Gasteiger partial charge in [0.1, 0.15) is 6.67 Å². The van der Waals surface area contributed by atoms with Crippen LogP contribution in [-0.4, -0.2) is 20.2 Å². The molecular formula is C20H18F4N6. The van der Waals surface area contributed by atoms with E-state index in [0.717, 1.165) is 17.7 Å². The highest BCUT2D eigenvalue weighted by molar-refractivity contribution is 5.44.